The molecule has 22 heavy (non-hydrogen) atoms. The van der Waals surface area contributed by atoms with Crippen LogP contribution in [0.25, 0.3) is 0 Å². The molecule has 1 aromatic rings. The molecule has 1 aromatic heterocycles. The van der Waals surface area contributed by atoms with Gasteiger partial charge in [-0.15, -0.1) is 0 Å². The van der Waals surface area contributed by atoms with Crippen LogP contribution in [0.15, 0.2) is 12.4 Å². The van der Waals surface area contributed by atoms with E-state index in [9.17, 15) is 4.79 Å². The number of aromatic amines is 1. The molecule has 0 saturated carbocycles. The quantitative estimate of drug-likeness (QED) is 0.877. The summed E-state index contributed by atoms with van der Waals surface area (Å²) in [4.78, 5) is 21.6. The van der Waals surface area contributed by atoms with E-state index in [1.165, 1.54) is 0 Å². The number of imidazole rings is 1. The van der Waals surface area contributed by atoms with Crippen molar-refractivity contribution < 1.29 is 9.53 Å². The van der Waals surface area contributed by atoms with Gasteiger partial charge in [-0.3, -0.25) is 0 Å². The minimum Gasteiger partial charge on any atom is -0.444 e. The van der Waals surface area contributed by atoms with Gasteiger partial charge in [-0.1, -0.05) is 6.92 Å². The molecule has 2 N–H and O–H groups in total. The zero-order chi connectivity index (χ0) is 16.2. The Morgan fingerprint density at radius 1 is 1.59 bits per heavy atom. The number of amides is 1. The van der Waals surface area contributed by atoms with Crippen molar-refractivity contribution in [1.82, 2.24) is 20.2 Å². The summed E-state index contributed by atoms with van der Waals surface area (Å²) in [5.41, 5.74) is -0.447. The van der Waals surface area contributed by atoms with Crippen LogP contribution in [0, 0.1) is 0 Å². The van der Waals surface area contributed by atoms with Crippen LogP contribution in [0.3, 0.4) is 0 Å². The van der Waals surface area contributed by atoms with Gasteiger partial charge in [-0.25, -0.2) is 9.78 Å². The van der Waals surface area contributed by atoms with Gasteiger partial charge in [0.2, 0.25) is 0 Å². The molecule has 2 rings (SSSR count). The fraction of sp³-hybridized carbons (Fsp3) is 0.750. The number of rotatable bonds is 5. The van der Waals surface area contributed by atoms with Crippen LogP contribution < -0.4 is 5.32 Å². The highest BCUT2D eigenvalue weighted by molar-refractivity contribution is 5.69. The molecule has 6 nitrogen and oxygen atoms in total. The average molecular weight is 308 g/mol. The minimum absolute atomic E-state index is 0.191. The zero-order valence-corrected chi connectivity index (χ0v) is 14.1. The number of aromatic nitrogens is 2. The number of hydrogen-bond donors (Lipinski definition) is 2. The van der Waals surface area contributed by atoms with E-state index in [1.807, 2.05) is 31.9 Å². The van der Waals surface area contributed by atoms with E-state index >= 15 is 0 Å². The maximum absolute atomic E-state index is 12.3. The standard InChI is InChI=1S/C16H28N4O2/c1-5-13(14-17-8-9-18-14)19-11-12-7-6-10-20(12)15(21)22-16(2,3)4/h8-9,12-13,19H,5-7,10-11H2,1-4H3,(H,17,18). The number of carbonyl (C=O) groups is 1. The van der Waals surface area contributed by atoms with Crippen LogP contribution in [0.1, 0.15) is 58.8 Å². The molecule has 1 saturated heterocycles. The van der Waals surface area contributed by atoms with Crippen LogP contribution in [-0.4, -0.2) is 45.7 Å². The van der Waals surface area contributed by atoms with Crippen molar-refractivity contribution >= 4 is 6.09 Å². The Balaban J connectivity index is 1.89. The van der Waals surface area contributed by atoms with Crippen molar-refractivity contribution in [2.24, 2.45) is 0 Å². The Kier molecular flexibility index (Phi) is 5.45. The summed E-state index contributed by atoms with van der Waals surface area (Å²) in [6.07, 6.45) is 6.39. The lowest BCUT2D eigenvalue weighted by Crippen LogP contribution is -2.44. The monoisotopic (exact) mass is 308 g/mol. The lowest BCUT2D eigenvalue weighted by Gasteiger charge is -2.29. The largest absolute Gasteiger partial charge is 0.444 e. The highest BCUT2D eigenvalue weighted by atomic mass is 16.6. The van der Waals surface area contributed by atoms with Crippen LogP contribution in [0.5, 0.6) is 0 Å². The van der Waals surface area contributed by atoms with E-state index in [4.69, 9.17) is 4.74 Å². The predicted octanol–water partition coefficient (Wildman–Crippen LogP) is 2.85. The average Bonchev–Trinajstić information content (AvgIpc) is 3.08. The van der Waals surface area contributed by atoms with E-state index < -0.39 is 5.60 Å². The molecule has 1 fully saturated rings. The van der Waals surface area contributed by atoms with Gasteiger partial charge in [0.15, 0.2) is 0 Å². The Morgan fingerprint density at radius 2 is 2.36 bits per heavy atom. The van der Waals surface area contributed by atoms with Crippen LogP contribution in [0.2, 0.25) is 0 Å². The second kappa shape index (κ2) is 7.13. The van der Waals surface area contributed by atoms with E-state index in [2.05, 4.69) is 22.2 Å². The van der Waals surface area contributed by atoms with E-state index in [0.29, 0.717) is 0 Å². The fourth-order valence-corrected chi connectivity index (χ4v) is 2.79. The number of hydrogen-bond acceptors (Lipinski definition) is 4. The van der Waals surface area contributed by atoms with Crippen molar-refractivity contribution in [2.45, 2.75) is 64.6 Å². The van der Waals surface area contributed by atoms with Gasteiger partial charge in [0, 0.05) is 31.5 Å². The molecule has 1 aliphatic heterocycles. The van der Waals surface area contributed by atoms with Crippen molar-refractivity contribution in [3.8, 4) is 0 Å². The van der Waals surface area contributed by atoms with Gasteiger partial charge >= 0.3 is 6.09 Å². The first-order valence-electron chi connectivity index (χ1n) is 8.13. The normalized spacial score (nSPS) is 20.2. The summed E-state index contributed by atoms with van der Waals surface area (Å²) in [7, 11) is 0. The molecular formula is C16H28N4O2. The van der Waals surface area contributed by atoms with E-state index in [1.54, 1.807) is 6.20 Å². The van der Waals surface area contributed by atoms with Gasteiger partial charge in [0.25, 0.3) is 0 Å². The van der Waals surface area contributed by atoms with Crippen LogP contribution in [0.4, 0.5) is 4.79 Å². The van der Waals surface area contributed by atoms with Crippen molar-refractivity contribution in [1.29, 1.82) is 0 Å². The summed E-state index contributed by atoms with van der Waals surface area (Å²) in [6.45, 7) is 9.37. The second-order valence-electron chi connectivity index (χ2n) is 6.81. The summed E-state index contributed by atoms with van der Waals surface area (Å²) in [6, 6.07) is 0.384. The number of nitrogens with zero attached hydrogens (tertiary/aromatic N) is 2. The van der Waals surface area contributed by atoms with E-state index in [-0.39, 0.29) is 18.2 Å². The highest BCUT2D eigenvalue weighted by Crippen LogP contribution is 2.21. The van der Waals surface area contributed by atoms with Crippen molar-refractivity contribution in [3.63, 3.8) is 0 Å². The predicted molar refractivity (Wildman–Crippen MR) is 85.6 cm³/mol. The molecule has 2 atom stereocenters. The lowest BCUT2D eigenvalue weighted by molar-refractivity contribution is 0.0224. The number of nitrogens with one attached hydrogen (secondary N) is 2. The summed E-state index contributed by atoms with van der Waals surface area (Å²) >= 11 is 0. The first-order valence-corrected chi connectivity index (χ1v) is 8.13. The third-order valence-corrected chi connectivity index (χ3v) is 3.86. The van der Waals surface area contributed by atoms with Crippen LogP contribution >= 0.6 is 0 Å². The smallest absolute Gasteiger partial charge is 0.410 e. The van der Waals surface area contributed by atoms with Gasteiger partial charge < -0.3 is 19.9 Å². The number of H-pyrrole nitrogens is 1. The zero-order valence-electron chi connectivity index (χ0n) is 14.1. The van der Waals surface area contributed by atoms with Crippen molar-refractivity contribution in [3.05, 3.63) is 18.2 Å². The molecule has 6 heteroatoms. The maximum atomic E-state index is 12.3. The van der Waals surface area contributed by atoms with Gasteiger partial charge in [-0.2, -0.15) is 0 Å². The van der Waals surface area contributed by atoms with Crippen LogP contribution in [-0.2, 0) is 4.74 Å². The van der Waals surface area contributed by atoms with Gasteiger partial charge in [0.1, 0.15) is 11.4 Å². The number of ether oxygens (including phenoxy) is 1. The molecular weight excluding hydrogens is 280 g/mol. The Bertz CT molecular complexity index is 467. The van der Waals surface area contributed by atoms with Gasteiger partial charge in [0.05, 0.1) is 6.04 Å². The number of likely N-dealkylation sites (tertiary alicyclic amines) is 1. The Hall–Kier alpha value is -1.56. The molecule has 124 valence electrons. The number of carbonyl (C=O) groups excluding carboxylic acids is 1. The summed E-state index contributed by atoms with van der Waals surface area (Å²) < 4.78 is 5.50. The third kappa shape index (κ3) is 4.47. The molecule has 0 aromatic carbocycles. The van der Waals surface area contributed by atoms with E-state index in [0.717, 1.165) is 38.2 Å². The molecule has 1 amide bonds. The summed E-state index contributed by atoms with van der Waals surface area (Å²) in [5.74, 6) is 0.948. The molecule has 0 aliphatic carbocycles. The van der Waals surface area contributed by atoms with Crippen molar-refractivity contribution in [2.75, 3.05) is 13.1 Å². The molecule has 1 aliphatic rings. The topological polar surface area (TPSA) is 70.2 Å². The Morgan fingerprint density at radius 3 is 2.95 bits per heavy atom. The first kappa shape index (κ1) is 16.8. The third-order valence-electron chi connectivity index (χ3n) is 3.86. The Labute approximate surface area is 132 Å². The molecule has 0 radical (unpaired) electrons. The summed E-state index contributed by atoms with van der Waals surface area (Å²) in [5, 5.41) is 3.52. The van der Waals surface area contributed by atoms with Gasteiger partial charge in [-0.05, 0) is 40.0 Å². The molecule has 2 unspecified atom stereocenters. The molecule has 0 spiro atoms. The fourth-order valence-electron chi connectivity index (χ4n) is 2.79. The second-order valence-corrected chi connectivity index (χ2v) is 6.81. The molecule has 0 bridgehead atoms. The maximum Gasteiger partial charge on any atom is 0.410 e. The lowest BCUT2D eigenvalue weighted by atomic mass is 10.1. The minimum atomic E-state index is -0.447. The first-order chi connectivity index (χ1) is 10.4. The highest BCUT2D eigenvalue weighted by Gasteiger charge is 2.32. The molecule has 2 heterocycles. The SMILES string of the molecule is CCC(NCC1CCCN1C(=O)OC(C)(C)C)c1ncc[nH]1.